The molecular formula is C10H15N5O4. The summed E-state index contributed by atoms with van der Waals surface area (Å²) in [6.45, 7) is 2.26. The number of unbranched alkanes of at least 4 members (excludes halogenated alkanes) is 1. The SMILES string of the molecule is CCCCOc1nc(N)c([N+](=O)[O-])c(NCC=O)n1. The van der Waals surface area contributed by atoms with Gasteiger partial charge in [0.05, 0.1) is 18.1 Å². The number of carbonyl (C=O) groups is 1. The summed E-state index contributed by atoms with van der Waals surface area (Å²) in [5.41, 5.74) is 5.03. The average Bonchev–Trinajstić information content (AvgIpc) is 2.35. The van der Waals surface area contributed by atoms with Gasteiger partial charge in [0.25, 0.3) is 0 Å². The molecule has 3 N–H and O–H groups in total. The largest absolute Gasteiger partial charge is 0.463 e. The van der Waals surface area contributed by atoms with Crippen LogP contribution in [-0.4, -0.2) is 34.3 Å². The zero-order chi connectivity index (χ0) is 14.3. The number of carbonyl (C=O) groups excluding carboxylic acids is 1. The van der Waals surface area contributed by atoms with Gasteiger partial charge in [-0.25, -0.2) is 0 Å². The number of hydrogen-bond acceptors (Lipinski definition) is 8. The van der Waals surface area contributed by atoms with Gasteiger partial charge in [-0.15, -0.1) is 0 Å². The van der Waals surface area contributed by atoms with Crippen molar-refractivity contribution in [3.8, 4) is 6.01 Å². The van der Waals surface area contributed by atoms with Crippen molar-refractivity contribution < 1.29 is 14.5 Å². The van der Waals surface area contributed by atoms with E-state index in [0.717, 1.165) is 12.8 Å². The van der Waals surface area contributed by atoms with Crippen LogP contribution in [0.4, 0.5) is 17.3 Å². The molecule has 1 heterocycles. The first kappa shape index (κ1) is 14.6. The predicted molar refractivity (Wildman–Crippen MR) is 68.1 cm³/mol. The van der Waals surface area contributed by atoms with Crippen molar-refractivity contribution in [2.75, 3.05) is 24.2 Å². The molecule has 9 nitrogen and oxygen atoms in total. The van der Waals surface area contributed by atoms with Gasteiger partial charge in [0.1, 0.15) is 6.29 Å². The molecule has 0 saturated carbocycles. The van der Waals surface area contributed by atoms with Gasteiger partial charge in [-0.2, -0.15) is 9.97 Å². The fraction of sp³-hybridized carbons (Fsp3) is 0.500. The maximum absolute atomic E-state index is 10.9. The van der Waals surface area contributed by atoms with Crippen molar-refractivity contribution in [3.63, 3.8) is 0 Å². The number of nitro groups is 1. The number of nitrogens with two attached hydrogens (primary N) is 1. The van der Waals surface area contributed by atoms with E-state index in [1.165, 1.54) is 0 Å². The number of anilines is 2. The summed E-state index contributed by atoms with van der Waals surface area (Å²) in [4.78, 5) is 28.0. The molecule has 0 unspecified atom stereocenters. The summed E-state index contributed by atoms with van der Waals surface area (Å²) >= 11 is 0. The van der Waals surface area contributed by atoms with Crippen LogP contribution in [0.15, 0.2) is 0 Å². The van der Waals surface area contributed by atoms with E-state index in [2.05, 4.69) is 15.3 Å². The number of nitrogens with one attached hydrogen (secondary N) is 1. The van der Waals surface area contributed by atoms with Gasteiger partial charge in [0.15, 0.2) is 0 Å². The maximum atomic E-state index is 10.9. The smallest absolute Gasteiger partial charge is 0.353 e. The second kappa shape index (κ2) is 7.09. The van der Waals surface area contributed by atoms with Crippen LogP contribution in [0, 0.1) is 10.1 Å². The molecule has 0 aliphatic rings. The molecule has 0 aromatic carbocycles. The van der Waals surface area contributed by atoms with Crippen molar-refractivity contribution in [2.24, 2.45) is 0 Å². The lowest BCUT2D eigenvalue weighted by Gasteiger charge is -2.08. The van der Waals surface area contributed by atoms with Gasteiger partial charge < -0.3 is 20.6 Å². The molecular weight excluding hydrogens is 254 g/mol. The quantitative estimate of drug-likeness (QED) is 0.305. The first-order valence-corrected chi connectivity index (χ1v) is 5.72. The van der Waals surface area contributed by atoms with Crippen LogP contribution in [0.5, 0.6) is 6.01 Å². The Kier molecular flexibility index (Phi) is 5.45. The van der Waals surface area contributed by atoms with Crippen molar-refractivity contribution in [1.82, 2.24) is 9.97 Å². The fourth-order valence-corrected chi connectivity index (χ4v) is 1.26. The Morgan fingerprint density at radius 3 is 2.84 bits per heavy atom. The van der Waals surface area contributed by atoms with Crippen LogP contribution >= 0.6 is 0 Å². The summed E-state index contributed by atoms with van der Waals surface area (Å²) in [7, 11) is 0. The second-order valence-corrected chi connectivity index (χ2v) is 3.60. The molecule has 1 rings (SSSR count). The summed E-state index contributed by atoms with van der Waals surface area (Å²) in [5.74, 6) is -0.434. The number of rotatable bonds is 8. The summed E-state index contributed by atoms with van der Waals surface area (Å²) < 4.78 is 5.23. The van der Waals surface area contributed by atoms with Crippen LogP contribution in [0.2, 0.25) is 0 Å². The Morgan fingerprint density at radius 2 is 2.26 bits per heavy atom. The summed E-state index contributed by atoms with van der Waals surface area (Å²) in [5, 5.41) is 13.3. The molecule has 0 atom stereocenters. The lowest BCUT2D eigenvalue weighted by molar-refractivity contribution is -0.383. The number of nitrogens with zero attached hydrogens (tertiary/aromatic N) is 3. The Hall–Kier alpha value is -2.45. The molecule has 104 valence electrons. The average molecular weight is 269 g/mol. The molecule has 0 spiro atoms. The molecule has 0 aliphatic carbocycles. The molecule has 9 heteroatoms. The fourth-order valence-electron chi connectivity index (χ4n) is 1.26. The maximum Gasteiger partial charge on any atom is 0.353 e. The Labute approximate surface area is 109 Å². The minimum atomic E-state index is -0.710. The van der Waals surface area contributed by atoms with E-state index in [9.17, 15) is 14.9 Å². The molecule has 0 fully saturated rings. The Morgan fingerprint density at radius 1 is 1.53 bits per heavy atom. The zero-order valence-electron chi connectivity index (χ0n) is 10.5. The first-order chi connectivity index (χ1) is 9.10. The first-order valence-electron chi connectivity index (χ1n) is 5.72. The summed E-state index contributed by atoms with van der Waals surface area (Å²) in [6, 6.07) is -0.0510. The number of ether oxygens (including phenoxy) is 1. The van der Waals surface area contributed by atoms with E-state index in [4.69, 9.17) is 10.5 Å². The van der Waals surface area contributed by atoms with E-state index in [0.29, 0.717) is 12.9 Å². The standard InChI is InChI=1S/C10H15N5O4/c1-2-3-6-19-10-13-8(11)7(15(17)18)9(14-10)12-4-5-16/h5H,2-4,6H2,1H3,(H3,11,12,13,14). The Bertz CT molecular complexity index is 465. The van der Waals surface area contributed by atoms with E-state index in [1.54, 1.807) is 0 Å². The molecule has 19 heavy (non-hydrogen) atoms. The minimum absolute atomic E-state index is 0.0510. The molecule has 1 aromatic rings. The highest BCUT2D eigenvalue weighted by Gasteiger charge is 2.23. The van der Waals surface area contributed by atoms with E-state index in [1.807, 2.05) is 6.92 Å². The topological polar surface area (TPSA) is 133 Å². The normalized spacial score (nSPS) is 9.95. The van der Waals surface area contributed by atoms with E-state index >= 15 is 0 Å². The molecule has 0 amide bonds. The number of aromatic nitrogens is 2. The second-order valence-electron chi connectivity index (χ2n) is 3.60. The molecule has 0 aliphatic heterocycles. The van der Waals surface area contributed by atoms with Crippen LogP contribution in [0.1, 0.15) is 19.8 Å². The lowest BCUT2D eigenvalue weighted by Crippen LogP contribution is -2.12. The van der Waals surface area contributed by atoms with Crippen molar-refractivity contribution in [3.05, 3.63) is 10.1 Å². The van der Waals surface area contributed by atoms with Gasteiger partial charge in [0, 0.05) is 0 Å². The van der Waals surface area contributed by atoms with Crippen molar-refractivity contribution in [1.29, 1.82) is 0 Å². The third-order valence-electron chi connectivity index (χ3n) is 2.15. The summed E-state index contributed by atoms with van der Waals surface area (Å²) in [6.07, 6.45) is 2.29. The number of hydrogen-bond donors (Lipinski definition) is 2. The molecule has 0 bridgehead atoms. The number of aldehydes is 1. The van der Waals surface area contributed by atoms with E-state index in [-0.39, 0.29) is 24.2 Å². The third kappa shape index (κ3) is 4.05. The minimum Gasteiger partial charge on any atom is -0.463 e. The van der Waals surface area contributed by atoms with Crippen LogP contribution in [0.3, 0.4) is 0 Å². The molecule has 0 radical (unpaired) electrons. The Balaban J connectivity index is 3.00. The highest BCUT2D eigenvalue weighted by atomic mass is 16.6. The van der Waals surface area contributed by atoms with Crippen LogP contribution in [-0.2, 0) is 4.79 Å². The van der Waals surface area contributed by atoms with E-state index < -0.39 is 10.6 Å². The third-order valence-corrected chi connectivity index (χ3v) is 2.15. The van der Waals surface area contributed by atoms with Gasteiger partial charge in [-0.3, -0.25) is 10.1 Å². The highest BCUT2D eigenvalue weighted by Crippen LogP contribution is 2.29. The zero-order valence-corrected chi connectivity index (χ0v) is 10.5. The van der Waals surface area contributed by atoms with Crippen molar-refractivity contribution >= 4 is 23.6 Å². The lowest BCUT2D eigenvalue weighted by atomic mass is 10.4. The molecule has 0 saturated heterocycles. The van der Waals surface area contributed by atoms with Gasteiger partial charge >= 0.3 is 11.7 Å². The number of nitrogen functional groups attached to an aromatic ring is 1. The monoisotopic (exact) mass is 269 g/mol. The predicted octanol–water partition coefficient (Wildman–Crippen LogP) is 0.757. The van der Waals surface area contributed by atoms with Crippen molar-refractivity contribution in [2.45, 2.75) is 19.8 Å². The highest BCUT2D eigenvalue weighted by molar-refractivity contribution is 5.70. The van der Waals surface area contributed by atoms with Gasteiger partial charge in [-0.05, 0) is 6.42 Å². The van der Waals surface area contributed by atoms with Gasteiger partial charge in [0.2, 0.25) is 11.6 Å². The van der Waals surface area contributed by atoms with Crippen LogP contribution in [0.25, 0.3) is 0 Å². The van der Waals surface area contributed by atoms with Crippen LogP contribution < -0.4 is 15.8 Å². The molecule has 1 aromatic heterocycles. The van der Waals surface area contributed by atoms with Gasteiger partial charge in [-0.1, -0.05) is 13.3 Å².